The van der Waals surface area contributed by atoms with Gasteiger partial charge in [0, 0.05) is 10.3 Å². The SMILES string of the molecule is COc1ccccc1NC1=C(c2cccs2)C(=O)N(c2cccc3ccccc23)C1=O. The fourth-order valence-electron chi connectivity index (χ4n) is 3.80. The van der Waals surface area contributed by atoms with E-state index >= 15 is 0 Å². The maximum Gasteiger partial charge on any atom is 0.282 e. The molecule has 0 saturated heterocycles. The van der Waals surface area contributed by atoms with E-state index in [1.165, 1.54) is 16.2 Å². The molecule has 5 nitrogen and oxygen atoms in total. The minimum atomic E-state index is -0.393. The normalized spacial score (nSPS) is 13.9. The van der Waals surface area contributed by atoms with Crippen LogP contribution in [0.25, 0.3) is 16.3 Å². The zero-order chi connectivity index (χ0) is 21.4. The van der Waals surface area contributed by atoms with Gasteiger partial charge in [-0.3, -0.25) is 9.59 Å². The molecule has 0 radical (unpaired) electrons. The fraction of sp³-hybridized carbons (Fsp3) is 0.0400. The third-order valence-electron chi connectivity index (χ3n) is 5.23. The van der Waals surface area contributed by atoms with Crippen molar-refractivity contribution >= 4 is 50.9 Å². The highest BCUT2D eigenvalue weighted by Gasteiger charge is 2.41. The lowest BCUT2D eigenvalue weighted by molar-refractivity contribution is -0.120. The van der Waals surface area contributed by atoms with Gasteiger partial charge in [0.05, 0.1) is 24.1 Å². The second-order valence-corrected chi connectivity index (χ2v) is 7.94. The Labute approximate surface area is 183 Å². The second-order valence-electron chi connectivity index (χ2n) is 7.00. The van der Waals surface area contributed by atoms with Crippen molar-refractivity contribution in [3.05, 3.63) is 94.8 Å². The van der Waals surface area contributed by atoms with E-state index in [-0.39, 0.29) is 11.6 Å². The quantitative estimate of drug-likeness (QED) is 0.440. The zero-order valence-electron chi connectivity index (χ0n) is 16.7. The predicted octanol–water partition coefficient (Wildman–Crippen LogP) is 5.31. The number of fused-ring (bicyclic) bond motifs is 1. The van der Waals surface area contributed by atoms with Gasteiger partial charge in [0.1, 0.15) is 11.4 Å². The van der Waals surface area contributed by atoms with E-state index in [0.717, 1.165) is 15.6 Å². The molecular formula is C25H18N2O3S. The van der Waals surface area contributed by atoms with Crippen LogP contribution < -0.4 is 15.0 Å². The lowest BCUT2D eigenvalue weighted by Gasteiger charge is -2.18. The molecule has 6 heteroatoms. The molecule has 1 aromatic heterocycles. The van der Waals surface area contributed by atoms with Gasteiger partial charge >= 0.3 is 0 Å². The van der Waals surface area contributed by atoms with Gasteiger partial charge in [0.2, 0.25) is 0 Å². The zero-order valence-corrected chi connectivity index (χ0v) is 17.5. The standard InChI is InChI=1S/C25H18N2O3S/c1-30-20-13-5-4-11-18(20)26-23-22(21-14-7-15-31-21)24(28)27(25(23)29)19-12-6-9-16-8-2-3-10-17(16)19/h2-15,26H,1H3. The molecule has 0 spiro atoms. The van der Waals surface area contributed by atoms with Crippen LogP contribution in [0.2, 0.25) is 0 Å². The minimum absolute atomic E-state index is 0.241. The monoisotopic (exact) mass is 426 g/mol. The van der Waals surface area contributed by atoms with E-state index in [9.17, 15) is 9.59 Å². The first-order valence-corrected chi connectivity index (χ1v) is 10.6. The van der Waals surface area contributed by atoms with Crippen molar-refractivity contribution in [2.45, 2.75) is 0 Å². The summed E-state index contributed by atoms with van der Waals surface area (Å²) in [6.07, 6.45) is 0. The average molecular weight is 426 g/mol. The molecular weight excluding hydrogens is 408 g/mol. The van der Waals surface area contributed by atoms with Crippen molar-refractivity contribution in [3.63, 3.8) is 0 Å². The number of carbonyl (C=O) groups is 2. The Morgan fingerprint density at radius 3 is 2.42 bits per heavy atom. The molecule has 31 heavy (non-hydrogen) atoms. The molecule has 0 saturated carbocycles. The summed E-state index contributed by atoms with van der Waals surface area (Å²) in [4.78, 5) is 29.2. The topological polar surface area (TPSA) is 58.6 Å². The number of thiophene rings is 1. The maximum absolute atomic E-state index is 13.6. The number of nitrogens with one attached hydrogen (secondary N) is 1. The molecule has 0 bridgehead atoms. The van der Waals surface area contributed by atoms with Gasteiger partial charge in [0.25, 0.3) is 11.8 Å². The molecule has 2 heterocycles. The first kappa shape index (κ1) is 19.1. The lowest BCUT2D eigenvalue weighted by atomic mass is 10.1. The third kappa shape index (κ3) is 3.17. The van der Waals surface area contributed by atoms with Crippen molar-refractivity contribution < 1.29 is 14.3 Å². The molecule has 0 atom stereocenters. The van der Waals surface area contributed by atoms with Crippen molar-refractivity contribution in [2.24, 2.45) is 0 Å². The minimum Gasteiger partial charge on any atom is -0.495 e. The van der Waals surface area contributed by atoms with Gasteiger partial charge in [-0.1, -0.05) is 54.6 Å². The Balaban J connectivity index is 1.66. The van der Waals surface area contributed by atoms with Crippen molar-refractivity contribution in [1.29, 1.82) is 0 Å². The summed E-state index contributed by atoms with van der Waals surface area (Å²) in [5.74, 6) is -0.152. The summed E-state index contributed by atoms with van der Waals surface area (Å²) >= 11 is 1.42. The number of ether oxygens (including phenoxy) is 1. The number of carbonyl (C=O) groups excluding carboxylic acids is 2. The van der Waals surface area contributed by atoms with Crippen molar-refractivity contribution in [2.75, 3.05) is 17.3 Å². The number of rotatable bonds is 5. The molecule has 2 amide bonds. The van der Waals surface area contributed by atoms with Crippen LogP contribution in [0.15, 0.2) is 89.9 Å². The van der Waals surface area contributed by atoms with E-state index in [0.29, 0.717) is 22.7 Å². The van der Waals surface area contributed by atoms with E-state index < -0.39 is 5.91 Å². The summed E-state index contributed by atoms with van der Waals surface area (Å²) < 4.78 is 5.42. The second kappa shape index (κ2) is 7.74. The highest BCUT2D eigenvalue weighted by Crippen LogP contribution is 2.39. The van der Waals surface area contributed by atoms with Crippen LogP contribution in [0.3, 0.4) is 0 Å². The molecule has 0 unspecified atom stereocenters. The van der Waals surface area contributed by atoms with E-state index in [4.69, 9.17) is 4.74 Å². The molecule has 3 aromatic carbocycles. The molecule has 4 aromatic rings. The molecule has 5 rings (SSSR count). The number of amides is 2. The van der Waals surface area contributed by atoms with Gasteiger partial charge < -0.3 is 10.1 Å². The number of imide groups is 1. The van der Waals surface area contributed by atoms with Gasteiger partial charge in [0.15, 0.2) is 0 Å². The molecule has 1 aliphatic rings. The van der Waals surface area contributed by atoms with Gasteiger partial charge in [-0.15, -0.1) is 11.3 Å². The Kier molecular flexibility index (Phi) is 4.76. The van der Waals surface area contributed by atoms with Crippen molar-refractivity contribution in [1.82, 2.24) is 0 Å². The highest BCUT2D eigenvalue weighted by atomic mass is 32.1. The third-order valence-corrected chi connectivity index (χ3v) is 6.11. The first-order valence-electron chi connectivity index (χ1n) is 9.74. The Bertz CT molecular complexity index is 1340. The van der Waals surface area contributed by atoms with Gasteiger partial charge in [-0.25, -0.2) is 4.90 Å². The lowest BCUT2D eigenvalue weighted by Crippen LogP contribution is -2.32. The number of hydrogen-bond donors (Lipinski definition) is 1. The van der Waals surface area contributed by atoms with Crippen LogP contribution in [0.4, 0.5) is 11.4 Å². The van der Waals surface area contributed by atoms with Crippen LogP contribution in [0, 0.1) is 0 Å². The first-order chi connectivity index (χ1) is 15.2. The van der Waals surface area contributed by atoms with Gasteiger partial charge in [-0.05, 0) is 35.0 Å². The van der Waals surface area contributed by atoms with Crippen LogP contribution in [-0.2, 0) is 9.59 Å². The van der Waals surface area contributed by atoms with Crippen LogP contribution >= 0.6 is 11.3 Å². The van der Waals surface area contributed by atoms with Crippen LogP contribution in [0.5, 0.6) is 5.75 Å². The Morgan fingerprint density at radius 2 is 1.61 bits per heavy atom. The number of methoxy groups -OCH3 is 1. The molecule has 152 valence electrons. The van der Waals surface area contributed by atoms with E-state index in [2.05, 4.69) is 5.32 Å². The van der Waals surface area contributed by atoms with Crippen LogP contribution in [0.1, 0.15) is 4.88 Å². The number of anilines is 2. The van der Waals surface area contributed by atoms with E-state index in [1.807, 2.05) is 72.1 Å². The Hall–Kier alpha value is -3.90. The van der Waals surface area contributed by atoms with Crippen LogP contribution in [-0.4, -0.2) is 18.9 Å². The van der Waals surface area contributed by atoms with E-state index in [1.54, 1.807) is 19.2 Å². The summed E-state index contributed by atoms with van der Waals surface area (Å²) in [5, 5.41) is 6.87. The molecule has 1 aliphatic heterocycles. The fourth-order valence-corrected chi connectivity index (χ4v) is 4.57. The van der Waals surface area contributed by atoms with Crippen molar-refractivity contribution in [3.8, 4) is 5.75 Å². The maximum atomic E-state index is 13.6. The number of para-hydroxylation sites is 2. The molecule has 0 aliphatic carbocycles. The molecule has 0 fully saturated rings. The van der Waals surface area contributed by atoms with Gasteiger partial charge in [-0.2, -0.15) is 0 Å². The highest BCUT2D eigenvalue weighted by molar-refractivity contribution is 7.11. The summed E-state index contributed by atoms with van der Waals surface area (Å²) in [7, 11) is 1.57. The number of nitrogens with zero attached hydrogens (tertiary/aromatic N) is 1. The predicted molar refractivity (Wildman–Crippen MR) is 124 cm³/mol. The summed E-state index contributed by atoms with van der Waals surface area (Å²) in [6, 6.07) is 24.4. The molecule has 1 N–H and O–H groups in total. The summed E-state index contributed by atoms with van der Waals surface area (Å²) in [6.45, 7) is 0. The Morgan fingerprint density at radius 1 is 0.839 bits per heavy atom. The smallest absolute Gasteiger partial charge is 0.282 e. The number of hydrogen-bond acceptors (Lipinski definition) is 5. The summed E-state index contributed by atoms with van der Waals surface area (Å²) in [5.41, 5.74) is 1.79. The number of benzene rings is 3. The largest absolute Gasteiger partial charge is 0.495 e. The average Bonchev–Trinajstić information content (AvgIpc) is 3.41.